The van der Waals surface area contributed by atoms with Gasteiger partial charge in [0.15, 0.2) is 0 Å². The number of aromatic nitrogens is 2. The van der Waals surface area contributed by atoms with Crippen molar-refractivity contribution < 1.29 is 4.42 Å². The summed E-state index contributed by atoms with van der Waals surface area (Å²) in [5.74, 6) is 1.95. The maximum absolute atomic E-state index is 5.61. The first kappa shape index (κ1) is 14.3. The number of halogens is 1. The van der Waals surface area contributed by atoms with Gasteiger partial charge in [0.2, 0.25) is 0 Å². The molecule has 0 bridgehead atoms. The van der Waals surface area contributed by atoms with Crippen LogP contribution < -0.4 is 0 Å². The van der Waals surface area contributed by atoms with Gasteiger partial charge in [0.1, 0.15) is 11.5 Å². The summed E-state index contributed by atoms with van der Waals surface area (Å²) in [7, 11) is 2.09. The largest absolute Gasteiger partial charge is 0.465 e. The molecule has 0 aliphatic heterocycles. The van der Waals surface area contributed by atoms with Crippen LogP contribution >= 0.6 is 15.9 Å². The van der Waals surface area contributed by atoms with E-state index in [1.54, 1.807) is 0 Å². The molecule has 104 valence electrons. The molecule has 0 N–H and O–H groups in total. The van der Waals surface area contributed by atoms with Gasteiger partial charge in [-0.1, -0.05) is 0 Å². The maximum Gasteiger partial charge on any atom is 0.118 e. The van der Waals surface area contributed by atoms with Gasteiger partial charge in [0.05, 0.1) is 22.4 Å². The van der Waals surface area contributed by atoms with Crippen LogP contribution in [0.5, 0.6) is 0 Å². The molecule has 0 saturated heterocycles. The zero-order valence-electron chi connectivity index (χ0n) is 11.9. The molecule has 2 aromatic heterocycles. The predicted octanol–water partition coefficient (Wildman–Crippen LogP) is 3.51. The van der Waals surface area contributed by atoms with Crippen molar-refractivity contribution in [1.82, 2.24) is 14.7 Å². The number of nitrogens with zero attached hydrogens (tertiary/aromatic N) is 3. The lowest BCUT2D eigenvalue weighted by molar-refractivity contribution is 0.276. The van der Waals surface area contributed by atoms with Crippen LogP contribution in [-0.4, -0.2) is 21.7 Å². The summed E-state index contributed by atoms with van der Waals surface area (Å²) in [4.78, 5) is 2.23. The van der Waals surface area contributed by atoms with Crippen molar-refractivity contribution in [2.75, 3.05) is 7.05 Å². The van der Waals surface area contributed by atoms with Crippen molar-refractivity contribution in [1.29, 1.82) is 0 Å². The molecule has 0 saturated carbocycles. The van der Waals surface area contributed by atoms with Crippen molar-refractivity contribution in [3.63, 3.8) is 0 Å². The Morgan fingerprint density at radius 1 is 1.32 bits per heavy atom. The Bertz CT molecular complexity index is 559. The highest BCUT2D eigenvalue weighted by Gasteiger charge is 2.14. The molecule has 0 atom stereocenters. The minimum absolute atomic E-state index is 0.800. The number of furan rings is 1. The fourth-order valence-corrected chi connectivity index (χ4v) is 2.58. The first-order chi connectivity index (χ1) is 9.01. The molecule has 2 heterocycles. The zero-order valence-corrected chi connectivity index (χ0v) is 13.5. The Balaban J connectivity index is 2.08. The number of rotatable bonds is 5. The van der Waals surface area contributed by atoms with Gasteiger partial charge in [0, 0.05) is 13.1 Å². The summed E-state index contributed by atoms with van der Waals surface area (Å²) in [5.41, 5.74) is 2.25. The molecule has 0 aliphatic carbocycles. The van der Waals surface area contributed by atoms with E-state index in [0.29, 0.717) is 0 Å². The third kappa shape index (κ3) is 3.28. The van der Waals surface area contributed by atoms with Crippen LogP contribution in [-0.2, 0) is 19.6 Å². The summed E-state index contributed by atoms with van der Waals surface area (Å²) >= 11 is 3.63. The Morgan fingerprint density at radius 2 is 2.05 bits per heavy atom. The number of aryl methyl sites for hydroxylation is 3. The summed E-state index contributed by atoms with van der Waals surface area (Å²) in [6.07, 6.45) is 0. The quantitative estimate of drug-likeness (QED) is 0.843. The van der Waals surface area contributed by atoms with Crippen LogP contribution in [0.2, 0.25) is 0 Å². The average molecular weight is 326 g/mol. The Hall–Kier alpha value is -1.07. The number of hydrogen-bond donors (Lipinski definition) is 0. The monoisotopic (exact) mass is 325 g/mol. The van der Waals surface area contributed by atoms with Crippen molar-refractivity contribution >= 4 is 15.9 Å². The molecule has 0 spiro atoms. The molecular formula is C14H20BrN3O. The molecular weight excluding hydrogens is 306 g/mol. The second kappa shape index (κ2) is 5.92. The number of hydrogen-bond acceptors (Lipinski definition) is 3. The molecule has 0 fully saturated rings. The first-order valence-corrected chi connectivity index (χ1v) is 7.26. The fraction of sp³-hybridized carbons (Fsp3) is 0.500. The van der Waals surface area contributed by atoms with E-state index in [2.05, 4.69) is 39.9 Å². The molecule has 0 amide bonds. The second-order valence-electron chi connectivity index (χ2n) is 4.85. The zero-order chi connectivity index (χ0) is 14.0. The van der Waals surface area contributed by atoms with Gasteiger partial charge in [-0.15, -0.1) is 0 Å². The normalized spacial score (nSPS) is 11.5. The van der Waals surface area contributed by atoms with Gasteiger partial charge < -0.3 is 4.42 Å². The SMILES string of the molecule is CCn1nc(C)c(Br)c1CN(C)Cc1ccc(C)o1. The lowest BCUT2D eigenvalue weighted by Crippen LogP contribution is -2.19. The minimum atomic E-state index is 0.800. The van der Waals surface area contributed by atoms with E-state index in [0.717, 1.165) is 41.3 Å². The highest BCUT2D eigenvalue weighted by Crippen LogP contribution is 2.22. The van der Waals surface area contributed by atoms with E-state index >= 15 is 0 Å². The van der Waals surface area contributed by atoms with E-state index in [-0.39, 0.29) is 0 Å². The van der Waals surface area contributed by atoms with E-state index in [9.17, 15) is 0 Å². The highest BCUT2D eigenvalue weighted by atomic mass is 79.9. The third-order valence-corrected chi connectivity index (χ3v) is 4.13. The van der Waals surface area contributed by atoms with Crippen molar-refractivity contribution in [3.8, 4) is 0 Å². The molecule has 4 nitrogen and oxygen atoms in total. The van der Waals surface area contributed by atoms with Crippen LogP contribution in [0, 0.1) is 13.8 Å². The van der Waals surface area contributed by atoms with Gasteiger partial charge in [-0.25, -0.2) is 0 Å². The van der Waals surface area contributed by atoms with Gasteiger partial charge >= 0.3 is 0 Å². The molecule has 0 radical (unpaired) electrons. The van der Waals surface area contributed by atoms with Crippen molar-refractivity contribution in [2.45, 2.75) is 40.4 Å². The molecule has 19 heavy (non-hydrogen) atoms. The predicted molar refractivity (Wildman–Crippen MR) is 79.0 cm³/mol. The van der Waals surface area contributed by atoms with Gasteiger partial charge in [-0.2, -0.15) is 5.10 Å². The molecule has 0 unspecified atom stereocenters. The topological polar surface area (TPSA) is 34.2 Å². The van der Waals surface area contributed by atoms with Gasteiger partial charge in [-0.3, -0.25) is 9.58 Å². The van der Waals surface area contributed by atoms with Crippen molar-refractivity contribution in [3.05, 3.63) is 39.5 Å². The summed E-state index contributed by atoms with van der Waals surface area (Å²) in [6, 6.07) is 4.03. The highest BCUT2D eigenvalue weighted by molar-refractivity contribution is 9.10. The van der Waals surface area contributed by atoms with E-state index in [1.165, 1.54) is 5.69 Å². The lowest BCUT2D eigenvalue weighted by atomic mass is 10.3. The van der Waals surface area contributed by atoms with Crippen molar-refractivity contribution in [2.24, 2.45) is 0 Å². The smallest absolute Gasteiger partial charge is 0.118 e. The van der Waals surface area contributed by atoms with Crippen LogP contribution in [0.25, 0.3) is 0 Å². The average Bonchev–Trinajstić information content (AvgIpc) is 2.87. The minimum Gasteiger partial charge on any atom is -0.465 e. The Morgan fingerprint density at radius 3 is 2.63 bits per heavy atom. The second-order valence-corrected chi connectivity index (χ2v) is 5.64. The van der Waals surface area contributed by atoms with E-state index < -0.39 is 0 Å². The van der Waals surface area contributed by atoms with E-state index in [4.69, 9.17) is 4.42 Å². The molecule has 0 aliphatic rings. The van der Waals surface area contributed by atoms with Crippen LogP contribution in [0.1, 0.15) is 29.8 Å². The van der Waals surface area contributed by atoms with Crippen LogP contribution in [0.15, 0.2) is 21.0 Å². The molecule has 0 aromatic carbocycles. The summed E-state index contributed by atoms with van der Waals surface area (Å²) in [5, 5.41) is 4.51. The maximum atomic E-state index is 5.61. The van der Waals surface area contributed by atoms with Crippen LogP contribution in [0.4, 0.5) is 0 Å². The lowest BCUT2D eigenvalue weighted by Gasteiger charge is -2.16. The van der Waals surface area contributed by atoms with Crippen LogP contribution in [0.3, 0.4) is 0 Å². The Kier molecular flexibility index (Phi) is 4.47. The molecule has 2 aromatic rings. The van der Waals surface area contributed by atoms with Gasteiger partial charge in [-0.05, 0) is 55.9 Å². The van der Waals surface area contributed by atoms with Gasteiger partial charge in [0.25, 0.3) is 0 Å². The standard InChI is InChI=1S/C14H20BrN3O/c1-5-18-13(14(15)11(3)16-18)9-17(4)8-12-7-6-10(2)19-12/h6-7H,5,8-9H2,1-4H3. The fourth-order valence-electron chi connectivity index (χ4n) is 2.17. The summed E-state index contributed by atoms with van der Waals surface area (Å²) in [6.45, 7) is 8.63. The first-order valence-electron chi connectivity index (χ1n) is 6.47. The third-order valence-electron chi connectivity index (χ3n) is 3.09. The Labute approximate surface area is 122 Å². The van der Waals surface area contributed by atoms with E-state index in [1.807, 2.05) is 30.7 Å². The molecule has 5 heteroatoms. The molecule has 2 rings (SSSR count). The summed E-state index contributed by atoms with van der Waals surface area (Å²) < 4.78 is 8.76.